The van der Waals surface area contributed by atoms with E-state index in [1.807, 2.05) is 0 Å². The number of carbonyl (C=O) groups excluding carboxylic acids is 2. The normalized spacial score (nSPS) is 41.5. The molecule has 0 unspecified atom stereocenters. The van der Waals surface area contributed by atoms with Crippen LogP contribution in [0.2, 0.25) is 0 Å². The summed E-state index contributed by atoms with van der Waals surface area (Å²) in [4.78, 5) is 25.2. The number of rotatable bonds is 6. The molecule has 0 spiro atoms. The van der Waals surface area contributed by atoms with Crippen molar-refractivity contribution >= 4 is 11.6 Å². The van der Waals surface area contributed by atoms with E-state index >= 15 is 0 Å². The summed E-state index contributed by atoms with van der Waals surface area (Å²) < 4.78 is 0. The van der Waals surface area contributed by atoms with Crippen molar-refractivity contribution in [1.29, 1.82) is 0 Å². The molecule has 0 aromatic heterocycles. The lowest BCUT2D eigenvalue weighted by Crippen LogP contribution is -2.53. The Labute approximate surface area is 184 Å². The van der Waals surface area contributed by atoms with Crippen molar-refractivity contribution in [3.05, 3.63) is 23.8 Å². The predicted octanol–water partition coefficient (Wildman–Crippen LogP) is 7.09. The molecule has 30 heavy (non-hydrogen) atoms. The minimum absolute atomic E-state index is 0.0587. The van der Waals surface area contributed by atoms with E-state index in [1.165, 1.54) is 56.9 Å². The van der Waals surface area contributed by atoms with Crippen LogP contribution < -0.4 is 0 Å². The van der Waals surface area contributed by atoms with Gasteiger partial charge in [0.05, 0.1) is 0 Å². The van der Waals surface area contributed by atoms with E-state index in [2.05, 4.69) is 34.3 Å². The molecule has 0 aromatic rings. The maximum atomic E-state index is 13.2. The predicted molar refractivity (Wildman–Crippen MR) is 123 cm³/mol. The first kappa shape index (κ1) is 22.0. The third-order valence-corrected chi connectivity index (χ3v) is 10.1. The molecule has 0 aliphatic heterocycles. The van der Waals surface area contributed by atoms with Gasteiger partial charge in [0.25, 0.3) is 0 Å². The van der Waals surface area contributed by atoms with E-state index in [1.54, 1.807) is 6.08 Å². The Bertz CT molecular complexity index is 761. The van der Waals surface area contributed by atoms with E-state index in [9.17, 15) is 9.59 Å². The molecule has 3 saturated carbocycles. The molecule has 2 nitrogen and oxygen atoms in total. The summed E-state index contributed by atoms with van der Waals surface area (Å²) in [6, 6.07) is 0. The zero-order valence-electron chi connectivity index (χ0n) is 19.8. The van der Waals surface area contributed by atoms with Gasteiger partial charge in [-0.25, -0.2) is 0 Å². The Balaban J connectivity index is 1.52. The van der Waals surface area contributed by atoms with Gasteiger partial charge in [-0.2, -0.15) is 0 Å². The standard InChI is InChI=1S/C28H42O2/c1-6-7-18(2)8-9-19(3)22-10-11-23-21-17-26(30)25-16-20(29)12-14-28(25,5)24(21)13-15-27(22,23)4/h16,19,21-24H,2,6-15,17H2,1,3-5H3/t19-,21+,22-,23+,24+,27-,28-/m1/s1. The van der Waals surface area contributed by atoms with Gasteiger partial charge in [-0.3, -0.25) is 9.59 Å². The molecule has 4 aliphatic carbocycles. The SMILES string of the molecule is C=C(CCC)CC[C@@H](C)[C@H]1CC[C@H]2[C@@H]3CC(=O)C4=CC(=O)CC[C@]4(C)[C@H]3CC[C@]12C. The molecule has 0 heterocycles. The van der Waals surface area contributed by atoms with E-state index in [4.69, 9.17) is 0 Å². The fraction of sp³-hybridized carbons (Fsp3) is 0.786. The monoisotopic (exact) mass is 410 g/mol. The third-order valence-electron chi connectivity index (χ3n) is 10.1. The first-order valence-corrected chi connectivity index (χ1v) is 12.7. The van der Waals surface area contributed by atoms with Crippen LogP contribution >= 0.6 is 0 Å². The average molecular weight is 411 g/mol. The van der Waals surface area contributed by atoms with Gasteiger partial charge in [-0.05, 0) is 97.9 Å². The fourth-order valence-electron chi connectivity index (χ4n) is 8.47. The summed E-state index contributed by atoms with van der Waals surface area (Å²) in [7, 11) is 0. The molecule has 166 valence electrons. The summed E-state index contributed by atoms with van der Waals surface area (Å²) in [5.41, 5.74) is 2.62. The second kappa shape index (κ2) is 8.06. The first-order valence-electron chi connectivity index (χ1n) is 12.7. The Morgan fingerprint density at radius 3 is 2.63 bits per heavy atom. The first-order chi connectivity index (χ1) is 14.2. The van der Waals surface area contributed by atoms with Crippen molar-refractivity contribution in [1.82, 2.24) is 0 Å². The molecule has 3 fully saturated rings. The van der Waals surface area contributed by atoms with Crippen molar-refractivity contribution in [3.8, 4) is 0 Å². The van der Waals surface area contributed by atoms with Gasteiger partial charge >= 0.3 is 0 Å². The van der Waals surface area contributed by atoms with Gasteiger partial charge in [0, 0.05) is 18.4 Å². The van der Waals surface area contributed by atoms with Crippen LogP contribution in [0.25, 0.3) is 0 Å². The van der Waals surface area contributed by atoms with E-state index in [0.717, 1.165) is 23.8 Å². The number of Topliss-reactive ketones (excluding diaryl/α,β-unsaturated/α-hetero) is 1. The molecular formula is C28H42O2. The summed E-state index contributed by atoms with van der Waals surface area (Å²) in [5, 5.41) is 0. The van der Waals surface area contributed by atoms with Crippen LogP contribution in [0.3, 0.4) is 0 Å². The number of hydrogen-bond donors (Lipinski definition) is 0. The molecule has 0 N–H and O–H groups in total. The Kier molecular flexibility index (Phi) is 5.92. The van der Waals surface area contributed by atoms with Crippen LogP contribution in [0.5, 0.6) is 0 Å². The minimum Gasteiger partial charge on any atom is -0.295 e. The van der Waals surface area contributed by atoms with Crippen molar-refractivity contribution in [2.45, 2.75) is 98.3 Å². The maximum Gasteiger partial charge on any atom is 0.159 e. The highest BCUT2D eigenvalue weighted by Gasteiger charge is 2.60. The molecule has 0 radical (unpaired) electrons. The van der Waals surface area contributed by atoms with Crippen molar-refractivity contribution in [2.24, 2.45) is 40.4 Å². The van der Waals surface area contributed by atoms with Gasteiger partial charge in [0.15, 0.2) is 11.6 Å². The lowest BCUT2D eigenvalue weighted by Gasteiger charge is -2.57. The topological polar surface area (TPSA) is 34.1 Å². The van der Waals surface area contributed by atoms with Crippen molar-refractivity contribution in [2.75, 3.05) is 0 Å². The Morgan fingerprint density at radius 1 is 1.13 bits per heavy atom. The second-order valence-corrected chi connectivity index (χ2v) is 11.7. The average Bonchev–Trinajstić information content (AvgIpc) is 3.05. The Morgan fingerprint density at radius 2 is 1.90 bits per heavy atom. The molecule has 0 bridgehead atoms. The lowest BCUT2D eigenvalue weighted by atomic mass is 9.46. The van der Waals surface area contributed by atoms with Crippen molar-refractivity contribution in [3.63, 3.8) is 0 Å². The maximum absolute atomic E-state index is 13.2. The number of fused-ring (bicyclic) bond motifs is 5. The second-order valence-electron chi connectivity index (χ2n) is 11.7. The van der Waals surface area contributed by atoms with E-state index in [0.29, 0.717) is 36.0 Å². The molecule has 0 aromatic carbocycles. The zero-order valence-corrected chi connectivity index (χ0v) is 19.8. The quantitative estimate of drug-likeness (QED) is 0.438. The summed E-state index contributed by atoms with van der Waals surface area (Å²) in [6.07, 6.45) is 13.9. The van der Waals surface area contributed by atoms with Crippen LogP contribution in [0.1, 0.15) is 98.3 Å². The van der Waals surface area contributed by atoms with Crippen LogP contribution in [0, 0.1) is 40.4 Å². The largest absolute Gasteiger partial charge is 0.295 e. The van der Waals surface area contributed by atoms with Gasteiger partial charge in [0.1, 0.15) is 0 Å². The highest BCUT2D eigenvalue weighted by atomic mass is 16.1. The zero-order chi connectivity index (χ0) is 21.7. The van der Waals surface area contributed by atoms with Crippen LogP contribution in [-0.2, 0) is 9.59 Å². The van der Waals surface area contributed by atoms with Crippen LogP contribution in [0.4, 0.5) is 0 Å². The highest BCUT2D eigenvalue weighted by molar-refractivity contribution is 6.05. The lowest BCUT2D eigenvalue weighted by molar-refractivity contribution is -0.131. The third kappa shape index (κ3) is 3.47. The van der Waals surface area contributed by atoms with Gasteiger partial charge in [-0.1, -0.05) is 46.3 Å². The molecular weight excluding hydrogens is 368 g/mol. The van der Waals surface area contributed by atoms with Gasteiger partial charge < -0.3 is 0 Å². The fourth-order valence-corrected chi connectivity index (χ4v) is 8.47. The molecule has 0 amide bonds. The van der Waals surface area contributed by atoms with E-state index in [-0.39, 0.29) is 17.0 Å². The number of allylic oxidation sites excluding steroid dienone is 2. The molecule has 7 atom stereocenters. The molecule has 4 aliphatic rings. The highest BCUT2D eigenvalue weighted by Crippen LogP contribution is 2.67. The van der Waals surface area contributed by atoms with Gasteiger partial charge in [0.2, 0.25) is 0 Å². The number of carbonyl (C=O) groups is 2. The number of hydrogen-bond acceptors (Lipinski definition) is 2. The molecule has 0 saturated heterocycles. The summed E-state index contributed by atoms with van der Waals surface area (Å²) >= 11 is 0. The summed E-state index contributed by atoms with van der Waals surface area (Å²) in [5.74, 6) is 3.76. The van der Waals surface area contributed by atoms with Crippen LogP contribution in [0.15, 0.2) is 23.8 Å². The van der Waals surface area contributed by atoms with Gasteiger partial charge in [-0.15, -0.1) is 0 Å². The molecule has 2 heteroatoms. The minimum atomic E-state index is -0.0587. The molecule has 4 rings (SSSR count). The van der Waals surface area contributed by atoms with E-state index < -0.39 is 0 Å². The summed E-state index contributed by atoms with van der Waals surface area (Å²) in [6.45, 7) is 13.9. The van der Waals surface area contributed by atoms with Crippen LogP contribution in [-0.4, -0.2) is 11.6 Å². The smallest absolute Gasteiger partial charge is 0.159 e. The van der Waals surface area contributed by atoms with Crippen molar-refractivity contribution < 1.29 is 9.59 Å². The number of ketones is 2. The Hall–Kier alpha value is -1.18.